The van der Waals surface area contributed by atoms with E-state index in [-0.39, 0.29) is 0 Å². The molecule has 0 aromatic carbocycles. The van der Waals surface area contributed by atoms with Gasteiger partial charge < -0.3 is 5.32 Å². The zero-order valence-corrected chi connectivity index (χ0v) is 11.2. The summed E-state index contributed by atoms with van der Waals surface area (Å²) in [5, 5.41) is 14.2. The largest absolute Gasteiger partial charge is 0.308 e. The van der Waals surface area contributed by atoms with Crippen LogP contribution in [0.3, 0.4) is 0 Å². The van der Waals surface area contributed by atoms with Crippen LogP contribution in [0.2, 0.25) is 0 Å². The summed E-state index contributed by atoms with van der Waals surface area (Å²) in [6.45, 7) is 5.41. The van der Waals surface area contributed by atoms with E-state index in [1.165, 1.54) is 0 Å². The van der Waals surface area contributed by atoms with Crippen LogP contribution in [-0.4, -0.2) is 23.0 Å². The van der Waals surface area contributed by atoms with Gasteiger partial charge in [0.05, 0.1) is 6.04 Å². The lowest BCUT2D eigenvalue weighted by atomic mass is 10.2. The molecule has 1 N–H and O–H groups in total. The predicted octanol–water partition coefficient (Wildman–Crippen LogP) is 2.85. The van der Waals surface area contributed by atoms with Crippen molar-refractivity contribution >= 4 is 23.1 Å². The van der Waals surface area contributed by atoms with Gasteiger partial charge in [0, 0.05) is 5.75 Å². The van der Waals surface area contributed by atoms with Crippen molar-refractivity contribution in [3.8, 4) is 0 Å². The molecule has 1 aromatic rings. The van der Waals surface area contributed by atoms with Gasteiger partial charge in [0.25, 0.3) is 0 Å². The first-order valence-corrected chi connectivity index (χ1v) is 7.57. The minimum absolute atomic E-state index is 0.387. The first-order valence-electron chi connectivity index (χ1n) is 5.36. The summed E-state index contributed by atoms with van der Waals surface area (Å²) in [5.74, 6) is 0.974. The fourth-order valence-corrected chi connectivity index (χ4v) is 3.00. The van der Waals surface area contributed by atoms with Gasteiger partial charge in [-0.25, -0.2) is 0 Å². The lowest BCUT2D eigenvalue weighted by molar-refractivity contribution is 0.513. The summed E-state index contributed by atoms with van der Waals surface area (Å²) in [6.07, 6.45) is 4.33. The number of nitrogens with zero attached hydrogens (tertiary/aromatic N) is 2. The van der Waals surface area contributed by atoms with Crippen LogP contribution in [0.5, 0.6) is 0 Å². The highest BCUT2D eigenvalue weighted by Gasteiger charge is 2.13. The van der Waals surface area contributed by atoms with Crippen molar-refractivity contribution in [3.63, 3.8) is 0 Å². The zero-order chi connectivity index (χ0) is 11.1. The van der Waals surface area contributed by atoms with Crippen LogP contribution in [0.4, 0.5) is 0 Å². The average molecular weight is 245 g/mol. The maximum Gasteiger partial charge on any atom is 0.134 e. The van der Waals surface area contributed by atoms with Crippen LogP contribution < -0.4 is 5.32 Å². The van der Waals surface area contributed by atoms with E-state index >= 15 is 0 Å². The van der Waals surface area contributed by atoms with Gasteiger partial charge in [0.1, 0.15) is 10.0 Å². The Bertz CT molecular complexity index is 275. The van der Waals surface area contributed by atoms with Gasteiger partial charge in [0.15, 0.2) is 0 Å². The quantitative estimate of drug-likeness (QED) is 0.801. The van der Waals surface area contributed by atoms with Crippen LogP contribution in [0.25, 0.3) is 0 Å². The molecule has 0 aliphatic heterocycles. The number of hydrogen-bond donors (Lipinski definition) is 1. The summed E-state index contributed by atoms with van der Waals surface area (Å²) >= 11 is 3.53. The third kappa shape index (κ3) is 4.09. The molecule has 0 saturated carbocycles. The summed E-state index contributed by atoms with van der Waals surface area (Å²) < 4.78 is 0. The molecule has 0 amide bonds. The van der Waals surface area contributed by atoms with Gasteiger partial charge in [-0.2, -0.15) is 11.8 Å². The number of nitrogens with one attached hydrogen (secondary N) is 1. The molecule has 1 atom stereocenters. The van der Waals surface area contributed by atoms with Crippen LogP contribution >= 0.6 is 23.1 Å². The first-order chi connectivity index (χ1) is 7.31. The van der Waals surface area contributed by atoms with Crippen molar-refractivity contribution in [2.24, 2.45) is 0 Å². The lowest BCUT2D eigenvalue weighted by Crippen LogP contribution is -2.21. The van der Waals surface area contributed by atoms with Crippen molar-refractivity contribution < 1.29 is 0 Å². The van der Waals surface area contributed by atoms with Crippen molar-refractivity contribution in [1.29, 1.82) is 0 Å². The Hall–Kier alpha value is -0.130. The Morgan fingerprint density at radius 2 is 2.20 bits per heavy atom. The van der Waals surface area contributed by atoms with E-state index in [4.69, 9.17) is 0 Å². The highest BCUT2D eigenvalue weighted by atomic mass is 32.2. The second kappa shape index (κ2) is 7.19. The number of thioether (sulfide) groups is 1. The van der Waals surface area contributed by atoms with Gasteiger partial charge in [-0.15, -0.1) is 10.2 Å². The Morgan fingerprint density at radius 1 is 1.40 bits per heavy atom. The number of hydrogen-bond acceptors (Lipinski definition) is 5. The third-order valence-corrected chi connectivity index (χ3v) is 3.88. The van der Waals surface area contributed by atoms with E-state index in [2.05, 4.69) is 35.6 Å². The van der Waals surface area contributed by atoms with E-state index in [1.807, 2.05) is 0 Å². The second-order valence-corrected chi connectivity index (χ2v) is 5.34. The zero-order valence-electron chi connectivity index (χ0n) is 9.62. The molecule has 1 rings (SSSR count). The molecule has 15 heavy (non-hydrogen) atoms. The standard InChI is InChI=1S/C10H19N3S2/c1-4-6-11-8(5-2)10-13-12-9(15-10)7-14-3/h8,11H,4-7H2,1-3H3. The van der Waals surface area contributed by atoms with Gasteiger partial charge in [0.2, 0.25) is 0 Å². The Kier molecular flexibility index (Phi) is 6.20. The first kappa shape index (κ1) is 12.9. The molecular formula is C10H19N3S2. The minimum atomic E-state index is 0.387. The van der Waals surface area contributed by atoms with Crippen molar-refractivity contribution in [2.75, 3.05) is 12.8 Å². The fraction of sp³-hybridized carbons (Fsp3) is 0.800. The molecule has 1 heterocycles. The summed E-state index contributed by atoms with van der Waals surface area (Å²) in [7, 11) is 0. The SMILES string of the molecule is CCCNC(CC)c1nnc(CSC)s1. The summed E-state index contributed by atoms with van der Waals surface area (Å²) in [4.78, 5) is 0. The van der Waals surface area contributed by atoms with Crippen molar-refractivity contribution in [3.05, 3.63) is 10.0 Å². The average Bonchev–Trinajstić information content (AvgIpc) is 2.68. The normalized spacial score (nSPS) is 13.0. The van der Waals surface area contributed by atoms with E-state index in [0.717, 1.165) is 35.2 Å². The highest BCUT2D eigenvalue weighted by Crippen LogP contribution is 2.22. The molecule has 5 heteroatoms. The molecule has 0 aliphatic carbocycles. The van der Waals surface area contributed by atoms with Crippen LogP contribution in [0.15, 0.2) is 0 Å². The van der Waals surface area contributed by atoms with Crippen LogP contribution in [0.1, 0.15) is 42.7 Å². The molecule has 0 bridgehead atoms. The van der Waals surface area contributed by atoms with Gasteiger partial charge in [-0.3, -0.25) is 0 Å². The molecule has 86 valence electrons. The van der Waals surface area contributed by atoms with Crippen molar-refractivity contribution in [1.82, 2.24) is 15.5 Å². The Morgan fingerprint density at radius 3 is 2.80 bits per heavy atom. The highest BCUT2D eigenvalue weighted by molar-refractivity contribution is 7.97. The lowest BCUT2D eigenvalue weighted by Gasteiger charge is -2.12. The topological polar surface area (TPSA) is 37.8 Å². The van der Waals surface area contributed by atoms with Crippen molar-refractivity contribution in [2.45, 2.75) is 38.5 Å². The van der Waals surface area contributed by atoms with E-state index < -0.39 is 0 Å². The van der Waals surface area contributed by atoms with Gasteiger partial charge in [-0.1, -0.05) is 25.2 Å². The predicted molar refractivity (Wildman–Crippen MR) is 68.5 cm³/mol. The smallest absolute Gasteiger partial charge is 0.134 e. The molecular weight excluding hydrogens is 226 g/mol. The number of rotatable bonds is 7. The molecule has 0 radical (unpaired) electrons. The second-order valence-electron chi connectivity index (χ2n) is 3.38. The minimum Gasteiger partial charge on any atom is -0.308 e. The molecule has 1 unspecified atom stereocenters. The third-order valence-electron chi connectivity index (χ3n) is 2.10. The van der Waals surface area contributed by atoms with E-state index in [9.17, 15) is 0 Å². The molecule has 0 aliphatic rings. The molecule has 0 fully saturated rings. The molecule has 3 nitrogen and oxygen atoms in total. The van der Waals surface area contributed by atoms with Gasteiger partial charge >= 0.3 is 0 Å². The molecule has 1 aromatic heterocycles. The van der Waals surface area contributed by atoms with Crippen LogP contribution in [0, 0.1) is 0 Å². The van der Waals surface area contributed by atoms with E-state index in [1.54, 1.807) is 23.1 Å². The van der Waals surface area contributed by atoms with Gasteiger partial charge in [-0.05, 0) is 25.6 Å². The molecule has 0 saturated heterocycles. The summed E-state index contributed by atoms with van der Waals surface area (Å²) in [6, 6.07) is 0.387. The summed E-state index contributed by atoms with van der Waals surface area (Å²) in [5.41, 5.74) is 0. The van der Waals surface area contributed by atoms with E-state index in [0.29, 0.717) is 6.04 Å². The Labute approximate surface area is 100 Å². The molecule has 0 spiro atoms. The fourth-order valence-electron chi connectivity index (χ4n) is 1.31. The maximum atomic E-state index is 4.25. The Balaban J connectivity index is 2.57. The number of aromatic nitrogens is 2. The maximum absolute atomic E-state index is 4.25. The monoisotopic (exact) mass is 245 g/mol. The van der Waals surface area contributed by atoms with Crippen LogP contribution in [-0.2, 0) is 5.75 Å².